The molecular weight excluding hydrogens is 604 g/mol. The van der Waals surface area contributed by atoms with E-state index in [1.54, 1.807) is 6.07 Å². The quantitative estimate of drug-likeness (QED) is 0.272. The molecule has 0 aliphatic heterocycles. The molecule has 0 radical (unpaired) electrons. The number of Topliss-reactive ketones (excluding diaryl/α,β-unsaturated/α-hetero) is 1. The van der Waals surface area contributed by atoms with E-state index in [0.29, 0.717) is 18.1 Å². The van der Waals surface area contributed by atoms with Gasteiger partial charge in [-0.2, -0.15) is 18.3 Å². The van der Waals surface area contributed by atoms with Crippen molar-refractivity contribution in [2.75, 3.05) is 0 Å². The normalized spacial score (nSPS) is 17.8. The first-order valence-corrected chi connectivity index (χ1v) is 13.8. The molecular formula is C31H23F6N5O3. The van der Waals surface area contributed by atoms with Crippen LogP contribution in [0.15, 0.2) is 54.7 Å². The Morgan fingerprint density at radius 1 is 1.04 bits per heavy atom. The minimum Gasteiger partial charge on any atom is -0.366 e. The molecule has 232 valence electrons. The molecule has 0 bridgehead atoms. The molecule has 1 saturated carbocycles. The van der Waals surface area contributed by atoms with Crippen LogP contribution in [0.5, 0.6) is 0 Å². The van der Waals surface area contributed by atoms with E-state index in [-0.39, 0.29) is 46.7 Å². The Bertz CT molecular complexity index is 1850. The number of hydrogen-bond donors (Lipinski definition) is 2. The molecule has 3 atom stereocenters. The number of nitrogens with one attached hydrogen (secondary N) is 1. The number of amides is 2. The minimum atomic E-state index is -4.80. The molecule has 2 aliphatic rings. The molecule has 0 spiro atoms. The Kier molecular flexibility index (Phi) is 7.45. The number of carbonyl (C=O) groups excluding carboxylic acids is 3. The fourth-order valence-electron chi connectivity index (χ4n) is 5.97. The number of nitrogens with two attached hydrogens (primary N) is 1. The molecule has 6 rings (SSSR count). The monoisotopic (exact) mass is 627 g/mol. The molecule has 2 amide bonds. The third-order valence-corrected chi connectivity index (χ3v) is 7.99. The van der Waals surface area contributed by atoms with E-state index in [0.717, 1.165) is 22.9 Å². The summed E-state index contributed by atoms with van der Waals surface area (Å²) in [6, 6.07) is 8.28. The van der Waals surface area contributed by atoms with Crippen LogP contribution in [-0.2, 0) is 35.2 Å². The van der Waals surface area contributed by atoms with Gasteiger partial charge in [-0.15, -0.1) is 0 Å². The lowest BCUT2D eigenvalue weighted by Crippen LogP contribution is -2.34. The first kappa shape index (κ1) is 30.0. The average Bonchev–Trinajstić information content (AvgIpc) is 3.69. The zero-order chi connectivity index (χ0) is 32.2. The lowest BCUT2D eigenvalue weighted by atomic mass is 9.94. The van der Waals surface area contributed by atoms with Crippen LogP contribution < -0.4 is 11.1 Å². The Balaban J connectivity index is 1.37. The van der Waals surface area contributed by atoms with Crippen molar-refractivity contribution in [1.29, 1.82) is 0 Å². The summed E-state index contributed by atoms with van der Waals surface area (Å²) in [4.78, 5) is 42.0. The Morgan fingerprint density at radius 3 is 2.47 bits per heavy atom. The number of hydrogen-bond acceptors (Lipinski definition) is 5. The van der Waals surface area contributed by atoms with Crippen molar-refractivity contribution >= 4 is 17.6 Å². The van der Waals surface area contributed by atoms with Crippen LogP contribution in [0.4, 0.5) is 26.3 Å². The summed E-state index contributed by atoms with van der Waals surface area (Å²) in [6.07, 6.45) is -3.65. The molecule has 1 fully saturated rings. The second-order valence-electron chi connectivity index (χ2n) is 11.1. The van der Waals surface area contributed by atoms with Gasteiger partial charge in [0.1, 0.15) is 29.8 Å². The summed E-state index contributed by atoms with van der Waals surface area (Å²) in [5.41, 5.74) is 4.57. The van der Waals surface area contributed by atoms with Gasteiger partial charge in [0.15, 0.2) is 5.69 Å². The minimum absolute atomic E-state index is 0.0220. The van der Waals surface area contributed by atoms with Crippen molar-refractivity contribution in [3.8, 4) is 11.1 Å². The zero-order valence-electron chi connectivity index (χ0n) is 23.2. The summed E-state index contributed by atoms with van der Waals surface area (Å²) in [6.45, 7) is -0.693. The Hall–Kier alpha value is -5.01. The highest BCUT2D eigenvalue weighted by Gasteiger charge is 2.54. The van der Waals surface area contributed by atoms with Crippen molar-refractivity contribution < 1.29 is 40.7 Å². The van der Waals surface area contributed by atoms with Crippen molar-refractivity contribution in [3.63, 3.8) is 0 Å². The highest BCUT2D eigenvalue weighted by Crippen LogP contribution is 2.55. The molecule has 45 heavy (non-hydrogen) atoms. The first-order chi connectivity index (χ1) is 21.3. The maximum absolute atomic E-state index is 14.2. The van der Waals surface area contributed by atoms with Gasteiger partial charge in [-0.1, -0.05) is 12.1 Å². The molecule has 3 N–H and O–H groups in total. The van der Waals surface area contributed by atoms with Gasteiger partial charge in [0, 0.05) is 35.7 Å². The van der Waals surface area contributed by atoms with Gasteiger partial charge in [-0.3, -0.25) is 24.0 Å². The van der Waals surface area contributed by atoms with Crippen LogP contribution in [0, 0.1) is 23.4 Å². The van der Waals surface area contributed by atoms with Crippen LogP contribution in [0.2, 0.25) is 0 Å². The zero-order valence-corrected chi connectivity index (χ0v) is 23.2. The fourth-order valence-corrected chi connectivity index (χ4v) is 5.97. The topological polar surface area (TPSA) is 120 Å². The number of primary amides is 1. The van der Waals surface area contributed by atoms with Crippen LogP contribution in [0.1, 0.15) is 56.9 Å². The predicted molar refractivity (Wildman–Crippen MR) is 146 cm³/mol. The summed E-state index contributed by atoms with van der Waals surface area (Å²) in [5.74, 6) is -5.78. The van der Waals surface area contributed by atoms with E-state index >= 15 is 0 Å². The summed E-state index contributed by atoms with van der Waals surface area (Å²) < 4.78 is 85.0. The number of pyridine rings is 1. The lowest BCUT2D eigenvalue weighted by Gasteiger charge is -2.22. The molecule has 2 unspecified atom stereocenters. The lowest BCUT2D eigenvalue weighted by molar-refractivity contribution is -0.142. The molecule has 2 heterocycles. The van der Waals surface area contributed by atoms with E-state index < -0.39 is 71.1 Å². The molecule has 14 heteroatoms. The second kappa shape index (κ2) is 11.2. The van der Waals surface area contributed by atoms with Gasteiger partial charge >= 0.3 is 6.18 Å². The van der Waals surface area contributed by atoms with E-state index in [2.05, 4.69) is 15.4 Å². The van der Waals surface area contributed by atoms with Crippen LogP contribution in [-0.4, -0.2) is 32.4 Å². The number of alkyl halides is 3. The number of fused-ring (bicyclic) bond motifs is 3. The molecule has 8 nitrogen and oxygen atoms in total. The first-order valence-electron chi connectivity index (χ1n) is 13.8. The number of halogens is 6. The van der Waals surface area contributed by atoms with Gasteiger partial charge in [0.05, 0.1) is 23.0 Å². The predicted octanol–water partition coefficient (Wildman–Crippen LogP) is 4.81. The second-order valence-corrected chi connectivity index (χ2v) is 11.1. The standard InChI is InChI=1S/C31H23F6N5O3/c32-16-6-14(7-17(33)10-16)8-23(28-18(2-1-5-39-28)15-3-4-22(34)21(9-15)30(38)45)40-26(44)13-42-24-12-25(43)19-11-20(19)27(24)29(41-42)31(35,36)37/h1-7,9-10,19-20,23H,8,11-13H2,(H2,38,45)(H,40,44)/t19?,20?,23-/m0/s1. The summed E-state index contributed by atoms with van der Waals surface area (Å²) in [5, 5.41) is 6.36. The fraction of sp³-hybridized carbons (Fsp3) is 0.258. The number of ketones is 1. The molecule has 2 aromatic heterocycles. The summed E-state index contributed by atoms with van der Waals surface area (Å²) >= 11 is 0. The van der Waals surface area contributed by atoms with E-state index in [9.17, 15) is 40.7 Å². The Labute approximate surface area is 251 Å². The van der Waals surface area contributed by atoms with Gasteiger partial charge < -0.3 is 11.1 Å². The van der Waals surface area contributed by atoms with Crippen molar-refractivity contribution in [2.45, 2.75) is 43.9 Å². The van der Waals surface area contributed by atoms with Crippen molar-refractivity contribution in [1.82, 2.24) is 20.1 Å². The van der Waals surface area contributed by atoms with Gasteiger partial charge in [-0.25, -0.2) is 13.2 Å². The van der Waals surface area contributed by atoms with Gasteiger partial charge in [0.25, 0.3) is 5.91 Å². The molecule has 2 aliphatic carbocycles. The van der Waals surface area contributed by atoms with Crippen LogP contribution >= 0.6 is 0 Å². The average molecular weight is 628 g/mol. The SMILES string of the molecule is NC(=O)c1cc(-c2cccnc2[C@H](Cc2cc(F)cc(F)c2)NC(=O)Cn2nc(C(F)(F)F)c3c2CC(=O)C2CC32)ccc1F. The number of rotatable bonds is 8. The van der Waals surface area contributed by atoms with Gasteiger partial charge in [0.2, 0.25) is 5.91 Å². The van der Waals surface area contributed by atoms with E-state index in [1.165, 1.54) is 24.4 Å². The third-order valence-electron chi connectivity index (χ3n) is 7.99. The number of aromatic nitrogens is 3. The molecule has 4 aromatic rings. The maximum atomic E-state index is 14.2. The highest BCUT2D eigenvalue weighted by atomic mass is 19.4. The van der Waals surface area contributed by atoms with Crippen LogP contribution in [0.3, 0.4) is 0 Å². The molecule has 0 saturated heterocycles. The van der Waals surface area contributed by atoms with E-state index in [1.807, 2.05) is 0 Å². The largest absolute Gasteiger partial charge is 0.435 e. The molecule has 2 aromatic carbocycles. The van der Waals surface area contributed by atoms with Crippen molar-refractivity contribution in [2.24, 2.45) is 11.7 Å². The third kappa shape index (κ3) is 5.91. The summed E-state index contributed by atoms with van der Waals surface area (Å²) in [7, 11) is 0. The number of nitrogens with zero attached hydrogens (tertiary/aromatic N) is 3. The number of benzene rings is 2. The number of carbonyl (C=O) groups is 3. The highest BCUT2D eigenvalue weighted by molar-refractivity contribution is 5.94. The van der Waals surface area contributed by atoms with Crippen LogP contribution in [0.25, 0.3) is 11.1 Å². The maximum Gasteiger partial charge on any atom is 0.435 e. The smallest absolute Gasteiger partial charge is 0.366 e. The van der Waals surface area contributed by atoms with E-state index in [4.69, 9.17) is 5.73 Å². The van der Waals surface area contributed by atoms with Crippen molar-refractivity contribution in [3.05, 3.63) is 106 Å². The Morgan fingerprint density at radius 2 is 1.78 bits per heavy atom. The van der Waals surface area contributed by atoms with Gasteiger partial charge in [-0.05, 0) is 60.2 Å².